The molecule has 7 heteroatoms. The average molecular weight is 315 g/mol. The van der Waals surface area contributed by atoms with Crippen LogP contribution in [0.25, 0.3) is 5.69 Å². The molecule has 0 bridgehead atoms. The smallest absolute Gasteiger partial charge is 0.308 e. The monoisotopic (exact) mass is 315 g/mol. The first-order valence-corrected chi connectivity index (χ1v) is 7.30. The lowest BCUT2D eigenvalue weighted by molar-refractivity contribution is -0.141. The quantitative estimate of drug-likeness (QED) is 0.922. The number of ether oxygens (including phenoxy) is 1. The van der Waals surface area contributed by atoms with Crippen LogP contribution in [0.4, 0.5) is 0 Å². The second-order valence-corrected chi connectivity index (χ2v) is 5.42. The highest BCUT2D eigenvalue weighted by atomic mass is 16.5. The minimum atomic E-state index is -0.857. The number of hydrogen-bond acceptors (Lipinski definition) is 4. The van der Waals surface area contributed by atoms with Crippen molar-refractivity contribution in [3.8, 4) is 11.4 Å². The maximum atomic E-state index is 12.4. The number of benzene rings is 1. The highest BCUT2D eigenvalue weighted by Gasteiger charge is 2.32. The van der Waals surface area contributed by atoms with Gasteiger partial charge in [-0.25, -0.2) is 4.68 Å². The molecule has 1 aliphatic heterocycles. The Labute approximate surface area is 133 Å². The Morgan fingerprint density at radius 1 is 1.26 bits per heavy atom. The lowest BCUT2D eigenvalue weighted by Gasteiger charge is -2.13. The number of amides is 1. The highest BCUT2D eigenvalue weighted by Crippen LogP contribution is 2.19. The summed E-state index contributed by atoms with van der Waals surface area (Å²) in [5, 5.41) is 13.3. The van der Waals surface area contributed by atoms with Gasteiger partial charge in [-0.1, -0.05) is 0 Å². The maximum Gasteiger partial charge on any atom is 0.308 e. The van der Waals surface area contributed by atoms with Gasteiger partial charge in [-0.05, 0) is 36.8 Å². The molecule has 3 rings (SSSR count). The van der Waals surface area contributed by atoms with Gasteiger partial charge in [0.05, 0.1) is 18.7 Å². The number of methoxy groups -OCH3 is 1. The van der Waals surface area contributed by atoms with Crippen molar-refractivity contribution in [1.29, 1.82) is 0 Å². The molecule has 0 spiro atoms. The van der Waals surface area contributed by atoms with Crippen LogP contribution >= 0.6 is 0 Å². The summed E-state index contributed by atoms with van der Waals surface area (Å²) in [4.78, 5) is 24.9. The summed E-state index contributed by atoms with van der Waals surface area (Å²) in [6.07, 6.45) is 2.19. The molecule has 120 valence electrons. The fraction of sp³-hybridized carbons (Fsp3) is 0.312. The fourth-order valence-corrected chi connectivity index (χ4v) is 2.63. The zero-order valence-corrected chi connectivity index (χ0v) is 12.7. The molecule has 1 saturated heterocycles. The number of nitrogens with zero attached hydrogens (tertiary/aromatic N) is 3. The predicted molar refractivity (Wildman–Crippen MR) is 81.8 cm³/mol. The molecule has 7 nitrogen and oxygen atoms in total. The summed E-state index contributed by atoms with van der Waals surface area (Å²) >= 11 is 0. The highest BCUT2D eigenvalue weighted by molar-refractivity contribution is 5.93. The van der Waals surface area contributed by atoms with E-state index in [0.29, 0.717) is 18.7 Å². The predicted octanol–water partition coefficient (Wildman–Crippen LogP) is 1.43. The zero-order valence-electron chi connectivity index (χ0n) is 12.7. The van der Waals surface area contributed by atoms with Crippen molar-refractivity contribution >= 4 is 11.9 Å². The Kier molecular flexibility index (Phi) is 4.01. The molecule has 1 aliphatic rings. The van der Waals surface area contributed by atoms with E-state index in [1.165, 1.54) is 0 Å². The van der Waals surface area contributed by atoms with Crippen LogP contribution in [0.15, 0.2) is 36.5 Å². The summed E-state index contributed by atoms with van der Waals surface area (Å²) in [5.74, 6) is -0.832. The molecule has 1 aromatic carbocycles. The number of carbonyl (C=O) groups excluding carboxylic acids is 1. The molecule has 1 atom stereocenters. The Bertz CT molecular complexity index is 723. The third-order valence-electron chi connectivity index (χ3n) is 3.97. The Morgan fingerprint density at radius 3 is 2.61 bits per heavy atom. The van der Waals surface area contributed by atoms with Crippen LogP contribution in [0, 0.1) is 5.92 Å². The SMILES string of the molecule is COc1ccc(-n2ccc(C(=O)N3CC[C@H](C(=O)O)C3)n2)cc1. The molecule has 2 heterocycles. The summed E-state index contributed by atoms with van der Waals surface area (Å²) in [6, 6.07) is 8.96. The van der Waals surface area contributed by atoms with Gasteiger partial charge < -0.3 is 14.7 Å². The summed E-state index contributed by atoms with van der Waals surface area (Å²) < 4.78 is 6.72. The minimum absolute atomic E-state index is 0.235. The van der Waals surface area contributed by atoms with Gasteiger partial charge in [0.25, 0.3) is 5.91 Å². The first-order chi connectivity index (χ1) is 11.1. The fourth-order valence-electron chi connectivity index (χ4n) is 2.63. The van der Waals surface area contributed by atoms with Crippen molar-refractivity contribution in [2.75, 3.05) is 20.2 Å². The molecule has 1 fully saturated rings. The Balaban J connectivity index is 1.73. The summed E-state index contributed by atoms with van der Waals surface area (Å²) in [7, 11) is 1.60. The van der Waals surface area contributed by atoms with E-state index in [1.807, 2.05) is 24.3 Å². The van der Waals surface area contributed by atoms with E-state index < -0.39 is 11.9 Å². The first-order valence-electron chi connectivity index (χ1n) is 7.30. The molecule has 1 aromatic heterocycles. The van der Waals surface area contributed by atoms with E-state index in [2.05, 4.69) is 5.10 Å². The van der Waals surface area contributed by atoms with E-state index in [0.717, 1.165) is 11.4 Å². The van der Waals surface area contributed by atoms with Crippen LogP contribution in [0.5, 0.6) is 5.75 Å². The van der Waals surface area contributed by atoms with Gasteiger partial charge in [0.15, 0.2) is 5.69 Å². The molecule has 1 N–H and O–H groups in total. The van der Waals surface area contributed by atoms with Crippen molar-refractivity contribution in [3.63, 3.8) is 0 Å². The van der Waals surface area contributed by atoms with Gasteiger partial charge in [0.2, 0.25) is 0 Å². The zero-order chi connectivity index (χ0) is 16.4. The molecule has 1 amide bonds. The van der Waals surface area contributed by atoms with E-state index in [1.54, 1.807) is 29.0 Å². The maximum absolute atomic E-state index is 12.4. The third kappa shape index (κ3) is 3.03. The second-order valence-electron chi connectivity index (χ2n) is 5.42. The molecular formula is C16H17N3O4. The van der Waals surface area contributed by atoms with E-state index >= 15 is 0 Å². The van der Waals surface area contributed by atoms with Gasteiger partial charge in [-0.3, -0.25) is 9.59 Å². The molecule has 0 aliphatic carbocycles. The summed E-state index contributed by atoms with van der Waals surface area (Å²) in [5.41, 5.74) is 1.13. The minimum Gasteiger partial charge on any atom is -0.497 e. The number of aromatic nitrogens is 2. The van der Waals surface area contributed by atoms with Gasteiger partial charge in [-0.2, -0.15) is 5.10 Å². The Hall–Kier alpha value is -2.83. The number of hydrogen-bond donors (Lipinski definition) is 1. The summed E-state index contributed by atoms with van der Waals surface area (Å²) in [6.45, 7) is 0.689. The normalized spacial score (nSPS) is 17.3. The molecular weight excluding hydrogens is 298 g/mol. The van der Waals surface area contributed by atoms with Crippen molar-refractivity contribution in [2.45, 2.75) is 6.42 Å². The second kappa shape index (κ2) is 6.12. The lowest BCUT2D eigenvalue weighted by atomic mass is 10.1. The van der Waals surface area contributed by atoms with Gasteiger partial charge in [-0.15, -0.1) is 0 Å². The van der Waals surface area contributed by atoms with Gasteiger partial charge >= 0.3 is 5.97 Å². The largest absolute Gasteiger partial charge is 0.497 e. The van der Waals surface area contributed by atoms with Crippen molar-refractivity contribution in [1.82, 2.24) is 14.7 Å². The first kappa shape index (κ1) is 15.1. The van der Waals surface area contributed by atoms with Crippen LogP contribution in [0.1, 0.15) is 16.9 Å². The van der Waals surface area contributed by atoms with Gasteiger partial charge in [0, 0.05) is 19.3 Å². The average Bonchev–Trinajstić information content (AvgIpc) is 3.24. The van der Waals surface area contributed by atoms with Crippen LogP contribution in [-0.2, 0) is 4.79 Å². The standard InChI is InChI=1S/C16H17N3O4/c1-23-13-4-2-12(3-5-13)19-9-7-14(17-19)15(20)18-8-6-11(10-18)16(21)22/h2-5,7,9,11H,6,8,10H2,1H3,(H,21,22)/t11-/m0/s1. The van der Waals surface area contributed by atoms with Crippen LogP contribution < -0.4 is 4.74 Å². The van der Waals surface area contributed by atoms with Crippen LogP contribution in [0.2, 0.25) is 0 Å². The molecule has 0 unspecified atom stereocenters. The van der Waals surface area contributed by atoms with E-state index in [9.17, 15) is 9.59 Å². The number of aliphatic carboxylic acids is 1. The topological polar surface area (TPSA) is 84.7 Å². The number of rotatable bonds is 4. The lowest BCUT2D eigenvalue weighted by Crippen LogP contribution is -2.30. The molecule has 0 saturated carbocycles. The number of carboxylic acids is 1. The number of likely N-dealkylation sites (tertiary alicyclic amines) is 1. The number of carboxylic acid groups (broad SMARTS) is 1. The Morgan fingerprint density at radius 2 is 2.00 bits per heavy atom. The molecule has 2 aromatic rings. The molecule has 23 heavy (non-hydrogen) atoms. The van der Waals surface area contributed by atoms with Crippen molar-refractivity contribution in [2.24, 2.45) is 5.92 Å². The van der Waals surface area contributed by atoms with E-state index in [4.69, 9.17) is 9.84 Å². The van der Waals surface area contributed by atoms with Crippen LogP contribution in [-0.4, -0.2) is 51.9 Å². The van der Waals surface area contributed by atoms with Gasteiger partial charge in [0.1, 0.15) is 5.75 Å². The van der Waals surface area contributed by atoms with Crippen LogP contribution in [0.3, 0.4) is 0 Å². The van der Waals surface area contributed by atoms with E-state index in [-0.39, 0.29) is 12.5 Å². The third-order valence-corrected chi connectivity index (χ3v) is 3.97. The number of carbonyl (C=O) groups is 2. The molecule has 0 radical (unpaired) electrons. The van der Waals surface area contributed by atoms with Crippen molar-refractivity contribution < 1.29 is 19.4 Å². The van der Waals surface area contributed by atoms with Crippen molar-refractivity contribution in [3.05, 3.63) is 42.2 Å².